The first kappa shape index (κ1) is 13.0. The normalized spacial score (nSPS) is 10.8. The summed E-state index contributed by atoms with van der Waals surface area (Å²) in [7, 11) is 0. The quantitative estimate of drug-likeness (QED) is 0.712. The Morgan fingerprint density at radius 1 is 1.47 bits per heavy atom. The molecule has 86 valence electrons. The molecule has 0 aliphatic heterocycles. The van der Waals surface area contributed by atoms with Gasteiger partial charge < -0.3 is 5.32 Å². The van der Waals surface area contributed by atoms with Crippen LogP contribution in [0.2, 0.25) is 0 Å². The summed E-state index contributed by atoms with van der Waals surface area (Å²) in [5, 5.41) is 4.71. The minimum atomic E-state index is 1.06. The van der Waals surface area contributed by atoms with Crippen molar-refractivity contribution in [1.29, 1.82) is 0 Å². The van der Waals surface area contributed by atoms with Gasteiger partial charge in [-0.25, -0.2) is 4.98 Å². The molecule has 0 fully saturated rings. The Hall–Kier alpha value is -0.0600. The summed E-state index contributed by atoms with van der Waals surface area (Å²) < 4.78 is 0. The largest absolute Gasteiger partial charge is 0.316 e. The number of rotatable bonds is 8. The second-order valence-corrected chi connectivity index (χ2v) is 6.13. The second kappa shape index (κ2) is 8.13. The van der Waals surface area contributed by atoms with E-state index in [9.17, 15) is 0 Å². The summed E-state index contributed by atoms with van der Waals surface area (Å²) in [6, 6.07) is 0. The zero-order valence-electron chi connectivity index (χ0n) is 9.58. The Morgan fingerprint density at radius 2 is 2.33 bits per heavy atom. The van der Waals surface area contributed by atoms with Crippen LogP contribution in [0.25, 0.3) is 0 Å². The summed E-state index contributed by atoms with van der Waals surface area (Å²) in [4.78, 5) is 5.65. The van der Waals surface area contributed by atoms with Crippen LogP contribution in [0.3, 0.4) is 0 Å². The Morgan fingerprint density at radius 3 is 3.00 bits per heavy atom. The number of thiazole rings is 1. The average Bonchev–Trinajstić information content (AvgIpc) is 2.63. The molecule has 0 saturated carbocycles. The van der Waals surface area contributed by atoms with E-state index in [1.165, 1.54) is 27.8 Å². The minimum Gasteiger partial charge on any atom is -0.316 e. The molecule has 1 N–H and O–H groups in total. The smallest absolute Gasteiger partial charge is 0.0940 e. The third kappa shape index (κ3) is 6.17. The monoisotopic (exact) mass is 244 g/mol. The molecule has 0 saturated heterocycles. The lowest BCUT2D eigenvalue weighted by atomic mass is 10.4. The van der Waals surface area contributed by atoms with Gasteiger partial charge in [-0.3, -0.25) is 0 Å². The summed E-state index contributed by atoms with van der Waals surface area (Å²) in [5.41, 5.74) is 0. The van der Waals surface area contributed by atoms with Gasteiger partial charge in [-0.15, -0.1) is 11.3 Å². The van der Waals surface area contributed by atoms with E-state index in [-0.39, 0.29) is 0 Å². The molecule has 0 bridgehead atoms. The lowest BCUT2D eigenvalue weighted by Gasteiger charge is -2.02. The maximum absolute atomic E-state index is 4.34. The number of thioether (sulfide) groups is 1. The van der Waals surface area contributed by atoms with Crippen LogP contribution in [0.5, 0.6) is 0 Å². The van der Waals surface area contributed by atoms with Crippen molar-refractivity contribution in [2.24, 2.45) is 0 Å². The summed E-state index contributed by atoms with van der Waals surface area (Å²) in [5.74, 6) is 2.51. The van der Waals surface area contributed by atoms with Crippen molar-refractivity contribution < 1.29 is 0 Å². The van der Waals surface area contributed by atoms with Crippen molar-refractivity contribution in [3.63, 3.8) is 0 Å². The first-order valence-electron chi connectivity index (χ1n) is 5.52. The van der Waals surface area contributed by atoms with Crippen LogP contribution in [-0.2, 0) is 6.42 Å². The Labute approximate surface area is 101 Å². The van der Waals surface area contributed by atoms with E-state index in [1.807, 2.05) is 18.0 Å². The molecule has 15 heavy (non-hydrogen) atoms. The predicted molar refractivity (Wildman–Crippen MR) is 71.0 cm³/mol. The van der Waals surface area contributed by atoms with Gasteiger partial charge in [0, 0.05) is 24.0 Å². The van der Waals surface area contributed by atoms with E-state index < -0.39 is 0 Å². The van der Waals surface area contributed by atoms with Gasteiger partial charge in [0.25, 0.3) is 0 Å². The predicted octanol–water partition coefficient (Wildman–Crippen LogP) is 2.73. The van der Waals surface area contributed by atoms with E-state index in [0.29, 0.717) is 0 Å². The van der Waals surface area contributed by atoms with Gasteiger partial charge in [-0.05, 0) is 31.4 Å². The Balaban J connectivity index is 1.93. The van der Waals surface area contributed by atoms with Crippen molar-refractivity contribution in [1.82, 2.24) is 10.3 Å². The van der Waals surface area contributed by atoms with Crippen LogP contribution >= 0.6 is 23.1 Å². The molecule has 0 amide bonds. The SMILES string of the molecule is CCSCCCNCCc1ncc(C)s1. The minimum absolute atomic E-state index is 1.06. The molecular weight excluding hydrogens is 224 g/mol. The van der Waals surface area contributed by atoms with Gasteiger partial charge in [-0.2, -0.15) is 11.8 Å². The van der Waals surface area contributed by atoms with E-state index in [2.05, 4.69) is 24.1 Å². The van der Waals surface area contributed by atoms with Gasteiger partial charge in [0.2, 0.25) is 0 Å². The zero-order valence-corrected chi connectivity index (χ0v) is 11.2. The maximum atomic E-state index is 4.34. The lowest BCUT2D eigenvalue weighted by Crippen LogP contribution is -2.18. The average molecular weight is 244 g/mol. The molecule has 0 aliphatic rings. The molecule has 0 aliphatic carbocycles. The highest BCUT2D eigenvalue weighted by molar-refractivity contribution is 7.99. The maximum Gasteiger partial charge on any atom is 0.0940 e. The summed E-state index contributed by atoms with van der Waals surface area (Å²) in [6.07, 6.45) is 4.30. The van der Waals surface area contributed by atoms with Crippen LogP contribution in [0.15, 0.2) is 6.20 Å². The number of aromatic nitrogens is 1. The Kier molecular flexibility index (Phi) is 7.05. The summed E-state index contributed by atoms with van der Waals surface area (Å²) >= 11 is 3.82. The molecule has 1 rings (SSSR count). The van der Waals surface area contributed by atoms with E-state index >= 15 is 0 Å². The van der Waals surface area contributed by atoms with Gasteiger partial charge in [0.15, 0.2) is 0 Å². The molecule has 0 atom stereocenters. The molecule has 0 aromatic carbocycles. The fourth-order valence-corrected chi connectivity index (χ4v) is 2.70. The number of nitrogens with zero attached hydrogens (tertiary/aromatic N) is 1. The van der Waals surface area contributed by atoms with Gasteiger partial charge >= 0.3 is 0 Å². The molecule has 0 radical (unpaired) electrons. The van der Waals surface area contributed by atoms with E-state index in [4.69, 9.17) is 0 Å². The second-order valence-electron chi connectivity index (χ2n) is 3.42. The first-order valence-corrected chi connectivity index (χ1v) is 7.50. The fraction of sp³-hybridized carbons (Fsp3) is 0.727. The van der Waals surface area contributed by atoms with Crippen molar-refractivity contribution in [3.8, 4) is 0 Å². The topological polar surface area (TPSA) is 24.9 Å². The number of aryl methyl sites for hydroxylation is 1. The van der Waals surface area contributed by atoms with Crippen LogP contribution in [-0.4, -0.2) is 29.6 Å². The molecule has 1 heterocycles. The molecule has 0 unspecified atom stereocenters. The van der Waals surface area contributed by atoms with E-state index in [1.54, 1.807) is 11.3 Å². The first-order chi connectivity index (χ1) is 7.33. The van der Waals surface area contributed by atoms with Crippen molar-refractivity contribution in [2.75, 3.05) is 24.6 Å². The van der Waals surface area contributed by atoms with Crippen LogP contribution in [0.1, 0.15) is 23.2 Å². The summed E-state index contributed by atoms with van der Waals surface area (Å²) in [6.45, 7) is 6.51. The van der Waals surface area contributed by atoms with Crippen molar-refractivity contribution in [2.45, 2.75) is 26.7 Å². The van der Waals surface area contributed by atoms with Gasteiger partial charge in [-0.1, -0.05) is 6.92 Å². The standard InChI is InChI=1S/C11H20N2S2/c1-3-14-8-4-6-12-7-5-11-13-9-10(2)15-11/h9,12H,3-8H2,1-2H3. The highest BCUT2D eigenvalue weighted by atomic mass is 32.2. The molecule has 2 nitrogen and oxygen atoms in total. The number of nitrogens with one attached hydrogen (secondary N) is 1. The molecule has 0 spiro atoms. The zero-order chi connectivity index (χ0) is 10.9. The molecule has 1 aromatic rings. The number of hydrogen-bond acceptors (Lipinski definition) is 4. The molecule has 1 aromatic heterocycles. The number of hydrogen-bond donors (Lipinski definition) is 1. The third-order valence-electron chi connectivity index (χ3n) is 2.03. The highest BCUT2D eigenvalue weighted by Crippen LogP contribution is 2.10. The third-order valence-corrected chi connectivity index (χ3v) is 3.99. The molecular formula is C11H20N2S2. The van der Waals surface area contributed by atoms with Crippen LogP contribution < -0.4 is 5.32 Å². The fourth-order valence-electron chi connectivity index (χ4n) is 1.28. The van der Waals surface area contributed by atoms with Crippen LogP contribution in [0.4, 0.5) is 0 Å². The lowest BCUT2D eigenvalue weighted by molar-refractivity contribution is 0.673. The van der Waals surface area contributed by atoms with Gasteiger partial charge in [0.1, 0.15) is 0 Å². The highest BCUT2D eigenvalue weighted by Gasteiger charge is 1.97. The Bertz CT molecular complexity index is 261. The van der Waals surface area contributed by atoms with E-state index in [0.717, 1.165) is 19.5 Å². The van der Waals surface area contributed by atoms with Gasteiger partial charge in [0.05, 0.1) is 5.01 Å². The molecule has 4 heteroatoms. The van der Waals surface area contributed by atoms with Crippen molar-refractivity contribution in [3.05, 3.63) is 16.1 Å². The van der Waals surface area contributed by atoms with Crippen LogP contribution in [0, 0.1) is 6.92 Å². The van der Waals surface area contributed by atoms with Crippen molar-refractivity contribution >= 4 is 23.1 Å².